The van der Waals surface area contributed by atoms with E-state index >= 15 is 0 Å². The fraction of sp³-hybridized carbons (Fsp3) is 0.583. The zero-order chi connectivity index (χ0) is 12.7. The van der Waals surface area contributed by atoms with Crippen LogP contribution >= 0.6 is 11.3 Å². The Balaban J connectivity index is 2.23. The fourth-order valence-electron chi connectivity index (χ4n) is 1.49. The van der Waals surface area contributed by atoms with Crippen molar-refractivity contribution in [3.05, 3.63) is 21.9 Å². The average molecular weight is 256 g/mol. The van der Waals surface area contributed by atoms with E-state index in [-0.39, 0.29) is 18.7 Å². The molecule has 0 aromatic carbocycles. The van der Waals surface area contributed by atoms with Crippen LogP contribution in [0.2, 0.25) is 0 Å². The second-order valence-electron chi connectivity index (χ2n) is 4.12. The predicted octanol–water partition coefficient (Wildman–Crippen LogP) is 2.02. The monoisotopic (exact) mass is 256 g/mol. The van der Waals surface area contributed by atoms with Gasteiger partial charge in [0.15, 0.2) is 0 Å². The summed E-state index contributed by atoms with van der Waals surface area (Å²) in [5.74, 6) is 0. The van der Waals surface area contributed by atoms with Gasteiger partial charge < -0.3 is 15.7 Å². The lowest BCUT2D eigenvalue weighted by Crippen LogP contribution is -2.40. The maximum absolute atomic E-state index is 11.5. The van der Waals surface area contributed by atoms with Gasteiger partial charge in [-0.25, -0.2) is 4.79 Å². The highest BCUT2D eigenvalue weighted by molar-refractivity contribution is 7.10. The van der Waals surface area contributed by atoms with Gasteiger partial charge in [0.05, 0.1) is 6.54 Å². The average Bonchev–Trinajstić information content (AvgIpc) is 2.69. The van der Waals surface area contributed by atoms with Crippen LogP contribution in [0.15, 0.2) is 11.4 Å². The van der Waals surface area contributed by atoms with E-state index in [1.807, 2.05) is 25.3 Å². The molecule has 1 aromatic heterocycles. The van der Waals surface area contributed by atoms with Crippen molar-refractivity contribution in [2.45, 2.75) is 39.3 Å². The van der Waals surface area contributed by atoms with Crippen LogP contribution in [0.3, 0.4) is 0 Å². The SMILES string of the molecule is Cc1ccsc1CNC(=O)NC(C)CCCO. The lowest BCUT2D eigenvalue weighted by molar-refractivity contribution is 0.234. The summed E-state index contributed by atoms with van der Waals surface area (Å²) in [5, 5.41) is 16.4. The van der Waals surface area contributed by atoms with Gasteiger partial charge in [0.2, 0.25) is 0 Å². The van der Waals surface area contributed by atoms with E-state index in [1.54, 1.807) is 11.3 Å². The molecule has 3 N–H and O–H groups in total. The molecule has 0 saturated carbocycles. The highest BCUT2D eigenvalue weighted by atomic mass is 32.1. The van der Waals surface area contributed by atoms with E-state index in [2.05, 4.69) is 10.6 Å². The van der Waals surface area contributed by atoms with Gasteiger partial charge in [-0.3, -0.25) is 0 Å². The lowest BCUT2D eigenvalue weighted by Gasteiger charge is -2.13. The summed E-state index contributed by atoms with van der Waals surface area (Å²) in [6, 6.07) is 1.98. The largest absolute Gasteiger partial charge is 0.396 e. The van der Waals surface area contributed by atoms with E-state index < -0.39 is 0 Å². The number of aliphatic hydroxyl groups is 1. The molecule has 0 radical (unpaired) electrons. The summed E-state index contributed by atoms with van der Waals surface area (Å²) in [6.45, 7) is 4.71. The number of aliphatic hydroxyl groups excluding tert-OH is 1. The zero-order valence-electron chi connectivity index (χ0n) is 10.3. The molecule has 0 aliphatic heterocycles. The second-order valence-corrected chi connectivity index (χ2v) is 5.12. The number of nitrogens with one attached hydrogen (secondary N) is 2. The van der Waals surface area contributed by atoms with Crippen molar-refractivity contribution in [3.8, 4) is 0 Å². The van der Waals surface area contributed by atoms with Gasteiger partial charge in [-0.05, 0) is 43.7 Å². The molecule has 0 spiro atoms. The van der Waals surface area contributed by atoms with Gasteiger partial charge in [0, 0.05) is 17.5 Å². The lowest BCUT2D eigenvalue weighted by atomic mass is 10.2. The first-order valence-corrected chi connectivity index (χ1v) is 6.69. The maximum Gasteiger partial charge on any atom is 0.315 e. The van der Waals surface area contributed by atoms with Crippen molar-refractivity contribution in [1.29, 1.82) is 0 Å². The normalized spacial score (nSPS) is 12.2. The molecule has 0 saturated heterocycles. The molecule has 0 fully saturated rings. The minimum absolute atomic E-state index is 0.0894. The number of amides is 2. The van der Waals surface area contributed by atoms with Crippen LogP contribution in [0.1, 0.15) is 30.2 Å². The molecule has 1 rings (SSSR count). The summed E-state index contributed by atoms with van der Waals surface area (Å²) >= 11 is 1.65. The molecule has 0 bridgehead atoms. The van der Waals surface area contributed by atoms with Crippen LogP contribution in [-0.4, -0.2) is 23.8 Å². The van der Waals surface area contributed by atoms with E-state index in [4.69, 9.17) is 5.11 Å². The van der Waals surface area contributed by atoms with Crippen molar-refractivity contribution in [2.24, 2.45) is 0 Å². The minimum Gasteiger partial charge on any atom is -0.396 e. The van der Waals surface area contributed by atoms with Crippen LogP contribution in [0.5, 0.6) is 0 Å². The van der Waals surface area contributed by atoms with Gasteiger partial charge in [0.1, 0.15) is 0 Å². The van der Waals surface area contributed by atoms with Gasteiger partial charge in [-0.15, -0.1) is 11.3 Å². The standard InChI is InChI=1S/C12H20N2O2S/c1-9-5-7-17-11(9)8-13-12(16)14-10(2)4-3-6-15/h5,7,10,15H,3-4,6,8H2,1-2H3,(H2,13,14,16). The maximum atomic E-state index is 11.5. The van der Waals surface area contributed by atoms with Gasteiger partial charge in [-0.1, -0.05) is 0 Å². The third-order valence-electron chi connectivity index (χ3n) is 2.55. The molecular weight excluding hydrogens is 236 g/mol. The van der Waals surface area contributed by atoms with Crippen LogP contribution in [0.4, 0.5) is 4.79 Å². The number of hydrogen-bond donors (Lipinski definition) is 3. The zero-order valence-corrected chi connectivity index (χ0v) is 11.1. The number of urea groups is 1. The molecule has 4 nitrogen and oxygen atoms in total. The molecule has 17 heavy (non-hydrogen) atoms. The fourth-order valence-corrected chi connectivity index (χ4v) is 2.34. The number of carbonyl (C=O) groups is 1. The Labute approximate surface area is 106 Å². The second kappa shape index (κ2) is 7.29. The van der Waals surface area contributed by atoms with Crippen molar-refractivity contribution < 1.29 is 9.90 Å². The molecule has 0 aliphatic carbocycles. The van der Waals surface area contributed by atoms with Crippen molar-refractivity contribution in [1.82, 2.24) is 10.6 Å². The number of carbonyl (C=O) groups excluding carboxylic acids is 1. The quantitative estimate of drug-likeness (QED) is 0.729. The Bertz CT molecular complexity index is 352. The molecule has 1 unspecified atom stereocenters. The summed E-state index contributed by atoms with van der Waals surface area (Å²) in [4.78, 5) is 12.7. The Hall–Kier alpha value is -1.07. The first-order chi connectivity index (χ1) is 8.13. The predicted molar refractivity (Wildman–Crippen MR) is 70.2 cm³/mol. The number of thiophene rings is 1. The van der Waals surface area contributed by atoms with Gasteiger partial charge >= 0.3 is 6.03 Å². The smallest absolute Gasteiger partial charge is 0.315 e. The van der Waals surface area contributed by atoms with E-state index in [0.29, 0.717) is 13.0 Å². The van der Waals surface area contributed by atoms with Crippen LogP contribution < -0.4 is 10.6 Å². The van der Waals surface area contributed by atoms with Gasteiger partial charge in [-0.2, -0.15) is 0 Å². The van der Waals surface area contributed by atoms with E-state index in [1.165, 1.54) is 10.4 Å². The van der Waals surface area contributed by atoms with Crippen molar-refractivity contribution >= 4 is 17.4 Å². The molecular formula is C12H20N2O2S. The van der Waals surface area contributed by atoms with Gasteiger partial charge in [0.25, 0.3) is 0 Å². The summed E-state index contributed by atoms with van der Waals surface area (Å²) in [5.41, 5.74) is 1.21. The Kier molecular flexibility index (Phi) is 6.00. The summed E-state index contributed by atoms with van der Waals surface area (Å²) < 4.78 is 0. The third-order valence-corrected chi connectivity index (χ3v) is 3.57. The molecule has 5 heteroatoms. The number of hydrogen-bond acceptors (Lipinski definition) is 3. The number of aryl methyl sites for hydroxylation is 1. The molecule has 2 amide bonds. The molecule has 1 aromatic rings. The van der Waals surface area contributed by atoms with E-state index in [9.17, 15) is 4.79 Å². The topological polar surface area (TPSA) is 61.4 Å². The highest BCUT2D eigenvalue weighted by Crippen LogP contribution is 2.14. The Morgan fingerprint density at radius 3 is 2.94 bits per heavy atom. The first kappa shape index (κ1) is 14.0. The molecule has 0 aliphatic rings. The van der Waals surface area contributed by atoms with Crippen molar-refractivity contribution in [2.75, 3.05) is 6.61 Å². The summed E-state index contributed by atoms with van der Waals surface area (Å²) in [7, 11) is 0. The molecule has 96 valence electrons. The van der Waals surface area contributed by atoms with Crippen molar-refractivity contribution in [3.63, 3.8) is 0 Å². The van der Waals surface area contributed by atoms with Crippen LogP contribution in [-0.2, 0) is 6.54 Å². The molecule has 1 heterocycles. The molecule has 1 atom stereocenters. The van der Waals surface area contributed by atoms with E-state index in [0.717, 1.165) is 6.42 Å². The Morgan fingerprint density at radius 2 is 2.35 bits per heavy atom. The highest BCUT2D eigenvalue weighted by Gasteiger charge is 2.07. The van der Waals surface area contributed by atoms with Crippen LogP contribution in [0.25, 0.3) is 0 Å². The minimum atomic E-state index is -0.150. The van der Waals surface area contributed by atoms with Crippen LogP contribution in [0, 0.1) is 6.92 Å². The Morgan fingerprint density at radius 1 is 1.59 bits per heavy atom. The summed E-state index contributed by atoms with van der Waals surface area (Å²) in [6.07, 6.45) is 1.51. The number of rotatable bonds is 6. The first-order valence-electron chi connectivity index (χ1n) is 5.81. The third kappa shape index (κ3) is 5.19.